The molecule has 0 bridgehead atoms. The summed E-state index contributed by atoms with van der Waals surface area (Å²) in [6, 6.07) is 0. The van der Waals surface area contributed by atoms with Crippen molar-refractivity contribution >= 4 is 27.5 Å². The molecule has 6 heteroatoms. The van der Waals surface area contributed by atoms with Crippen LogP contribution in [0.5, 0.6) is 0 Å². The predicted octanol–water partition coefficient (Wildman–Crippen LogP) is 2.78. The second-order valence-electron chi connectivity index (χ2n) is 4.25. The Labute approximate surface area is 101 Å². The van der Waals surface area contributed by atoms with E-state index in [0.29, 0.717) is 0 Å². The van der Waals surface area contributed by atoms with Crippen LogP contribution in [0, 0.1) is 0 Å². The molecule has 4 nitrogen and oxygen atoms in total. The predicted molar refractivity (Wildman–Crippen MR) is 63.4 cm³/mol. The van der Waals surface area contributed by atoms with Crippen molar-refractivity contribution in [3.05, 3.63) is 22.7 Å². The molecule has 0 atom stereocenters. The fourth-order valence-electron chi connectivity index (χ4n) is 1.02. The highest BCUT2D eigenvalue weighted by molar-refractivity contribution is 9.10. The van der Waals surface area contributed by atoms with Crippen LogP contribution in [0.2, 0.25) is 0 Å². The zero-order chi connectivity index (χ0) is 11.1. The van der Waals surface area contributed by atoms with Crippen LogP contribution in [0.1, 0.15) is 26.6 Å². The Hall–Kier alpha value is -0.750. The smallest absolute Gasteiger partial charge is 0.211 e. The van der Waals surface area contributed by atoms with Gasteiger partial charge >= 0.3 is 0 Å². The van der Waals surface area contributed by atoms with Crippen LogP contribution in [-0.4, -0.2) is 19.1 Å². The maximum Gasteiger partial charge on any atom is 0.230 e. The van der Waals surface area contributed by atoms with E-state index in [9.17, 15) is 0 Å². The van der Waals surface area contributed by atoms with Crippen molar-refractivity contribution in [3.8, 4) is 5.13 Å². The molecule has 0 saturated carbocycles. The minimum absolute atomic E-state index is 0.0147. The molecule has 0 fully saturated rings. The van der Waals surface area contributed by atoms with Crippen LogP contribution < -0.4 is 0 Å². The number of nitrogens with zero attached hydrogens (tertiary/aromatic N) is 4. The molecular weight excluding hydrogens is 276 g/mol. The van der Waals surface area contributed by atoms with Crippen molar-refractivity contribution in [2.24, 2.45) is 0 Å². The van der Waals surface area contributed by atoms with E-state index >= 15 is 0 Å². The van der Waals surface area contributed by atoms with Crippen LogP contribution in [0.3, 0.4) is 0 Å². The second kappa shape index (κ2) is 3.68. The number of hydrogen-bond acceptors (Lipinski definition) is 4. The van der Waals surface area contributed by atoms with Crippen LogP contribution in [0.25, 0.3) is 5.13 Å². The molecular formula is C9H11BrN4S. The molecule has 0 saturated heterocycles. The summed E-state index contributed by atoms with van der Waals surface area (Å²) in [5, 5.41) is 4.96. The Balaban J connectivity index is 2.36. The topological polar surface area (TPSA) is 43.6 Å². The SMILES string of the molecule is CC(C)(C)c1nsc(-n2cc(Br)cn2)n1. The molecule has 0 radical (unpaired) electrons. The standard InChI is InChI=1S/C9H11BrN4S/c1-9(2,3)7-12-8(15-13-7)14-5-6(10)4-11-14/h4-5H,1-3H3. The molecule has 0 aliphatic carbocycles. The van der Waals surface area contributed by atoms with E-state index in [4.69, 9.17) is 0 Å². The minimum Gasteiger partial charge on any atom is -0.211 e. The van der Waals surface area contributed by atoms with Crippen molar-refractivity contribution in [2.45, 2.75) is 26.2 Å². The van der Waals surface area contributed by atoms with Gasteiger partial charge in [-0.25, -0.2) is 9.67 Å². The van der Waals surface area contributed by atoms with Crippen molar-refractivity contribution in [1.29, 1.82) is 0 Å². The minimum atomic E-state index is -0.0147. The van der Waals surface area contributed by atoms with Crippen molar-refractivity contribution < 1.29 is 0 Å². The molecule has 2 aromatic rings. The van der Waals surface area contributed by atoms with Gasteiger partial charge in [0.25, 0.3) is 0 Å². The average molecular weight is 287 g/mol. The first kappa shape index (κ1) is 10.8. The zero-order valence-corrected chi connectivity index (χ0v) is 11.1. The molecule has 80 valence electrons. The lowest BCUT2D eigenvalue weighted by Crippen LogP contribution is -2.13. The summed E-state index contributed by atoms with van der Waals surface area (Å²) < 4.78 is 6.99. The van der Waals surface area contributed by atoms with E-state index in [1.165, 1.54) is 11.5 Å². The zero-order valence-electron chi connectivity index (χ0n) is 8.73. The molecule has 0 amide bonds. The highest BCUT2D eigenvalue weighted by atomic mass is 79.9. The lowest BCUT2D eigenvalue weighted by atomic mass is 9.96. The van der Waals surface area contributed by atoms with E-state index < -0.39 is 0 Å². The third-order valence-corrected chi connectivity index (χ3v) is 2.95. The van der Waals surface area contributed by atoms with E-state index in [0.717, 1.165) is 15.4 Å². The Morgan fingerprint density at radius 3 is 2.60 bits per heavy atom. The van der Waals surface area contributed by atoms with Gasteiger partial charge < -0.3 is 0 Å². The lowest BCUT2D eigenvalue weighted by molar-refractivity contribution is 0.553. The molecule has 15 heavy (non-hydrogen) atoms. The number of hydrogen-bond donors (Lipinski definition) is 0. The molecule has 0 aromatic carbocycles. The molecule has 0 spiro atoms. The van der Waals surface area contributed by atoms with Gasteiger partial charge in [-0.2, -0.15) is 9.47 Å². The summed E-state index contributed by atoms with van der Waals surface area (Å²) in [6.45, 7) is 6.29. The first-order valence-electron chi connectivity index (χ1n) is 4.51. The molecule has 2 aromatic heterocycles. The van der Waals surface area contributed by atoms with E-state index in [1.807, 2.05) is 6.20 Å². The van der Waals surface area contributed by atoms with Crippen molar-refractivity contribution in [1.82, 2.24) is 19.1 Å². The van der Waals surface area contributed by atoms with Gasteiger partial charge in [-0.15, -0.1) is 0 Å². The average Bonchev–Trinajstić information content (AvgIpc) is 2.69. The summed E-state index contributed by atoms with van der Waals surface area (Å²) in [7, 11) is 0. The second-order valence-corrected chi connectivity index (χ2v) is 5.90. The molecule has 2 rings (SSSR count). The van der Waals surface area contributed by atoms with Crippen LogP contribution in [-0.2, 0) is 5.41 Å². The van der Waals surface area contributed by atoms with E-state index in [-0.39, 0.29) is 5.41 Å². The van der Waals surface area contributed by atoms with Crippen LogP contribution >= 0.6 is 27.5 Å². The Morgan fingerprint density at radius 1 is 1.40 bits per heavy atom. The van der Waals surface area contributed by atoms with Gasteiger partial charge in [0, 0.05) is 23.1 Å². The third-order valence-electron chi connectivity index (χ3n) is 1.83. The van der Waals surface area contributed by atoms with Gasteiger partial charge in [0.2, 0.25) is 5.13 Å². The van der Waals surface area contributed by atoms with Gasteiger partial charge in [-0.1, -0.05) is 20.8 Å². The number of halogens is 1. The van der Waals surface area contributed by atoms with E-state index in [2.05, 4.69) is 51.2 Å². The van der Waals surface area contributed by atoms with Gasteiger partial charge in [0.05, 0.1) is 10.7 Å². The van der Waals surface area contributed by atoms with Crippen LogP contribution in [0.15, 0.2) is 16.9 Å². The molecule has 0 aliphatic heterocycles. The Kier molecular flexibility index (Phi) is 2.64. The molecule has 0 unspecified atom stereocenters. The third kappa shape index (κ3) is 2.26. The fourth-order valence-corrected chi connectivity index (χ4v) is 2.10. The first-order chi connectivity index (χ1) is 6.97. The van der Waals surface area contributed by atoms with Crippen molar-refractivity contribution in [3.63, 3.8) is 0 Å². The first-order valence-corrected chi connectivity index (χ1v) is 6.08. The summed E-state index contributed by atoms with van der Waals surface area (Å²) in [6.07, 6.45) is 3.60. The number of rotatable bonds is 1. The maximum atomic E-state index is 4.45. The highest BCUT2D eigenvalue weighted by Crippen LogP contribution is 2.22. The maximum absolute atomic E-state index is 4.45. The van der Waals surface area contributed by atoms with E-state index in [1.54, 1.807) is 10.9 Å². The van der Waals surface area contributed by atoms with Gasteiger partial charge in [0.1, 0.15) is 5.82 Å². The monoisotopic (exact) mass is 286 g/mol. The normalized spacial score (nSPS) is 12.0. The van der Waals surface area contributed by atoms with Crippen molar-refractivity contribution in [2.75, 3.05) is 0 Å². The number of aromatic nitrogens is 4. The van der Waals surface area contributed by atoms with Crippen LogP contribution in [0.4, 0.5) is 0 Å². The van der Waals surface area contributed by atoms with Gasteiger partial charge in [-0.3, -0.25) is 0 Å². The lowest BCUT2D eigenvalue weighted by Gasteiger charge is -2.11. The molecule has 2 heterocycles. The fraction of sp³-hybridized carbons (Fsp3) is 0.444. The largest absolute Gasteiger partial charge is 0.230 e. The highest BCUT2D eigenvalue weighted by Gasteiger charge is 2.20. The summed E-state index contributed by atoms with van der Waals surface area (Å²) in [4.78, 5) is 4.45. The molecule has 0 aliphatic rings. The summed E-state index contributed by atoms with van der Waals surface area (Å²) in [5.41, 5.74) is -0.0147. The Morgan fingerprint density at radius 2 is 2.13 bits per heavy atom. The molecule has 0 N–H and O–H groups in total. The van der Waals surface area contributed by atoms with Gasteiger partial charge in [0.15, 0.2) is 0 Å². The summed E-state index contributed by atoms with van der Waals surface area (Å²) in [5.74, 6) is 0.856. The Bertz CT molecular complexity index is 468. The quantitative estimate of drug-likeness (QED) is 0.810. The summed E-state index contributed by atoms with van der Waals surface area (Å²) >= 11 is 4.71. The van der Waals surface area contributed by atoms with Gasteiger partial charge in [-0.05, 0) is 15.9 Å².